The minimum Gasteiger partial charge on any atom is -0.369 e. The highest BCUT2D eigenvalue weighted by Crippen LogP contribution is 2.21. The predicted molar refractivity (Wildman–Crippen MR) is 73.2 cm³/mol. The van der Waals surface area contributed by atoms with Crippen LogP contribution in [0.25, 0.3) is 0 Å². The van der Waals surface area contributed by atoms with Gasteiger partial charge in [0.2, 0.25) is 5.91 Å². The second-order valence-corrected chi connectivity index (χ2v) is 4.38. The van der Waals surface area contributed by atoms with Crippen molar-refractivity contribution in [2.24, 2.45) is 5.73 Å². The van der Waals surface area contributed by atoms with E-state index >= 15 is 0 Å². The number of nitriles is 1. The molecule has 2 aromatic carbocycles. The molecule has 3 nitrogen and oxygen atoms in total. The zero-order chi connectivity index (χ0) is 13.7. The molecule has 0 aliphatic rings. The van der Waals surface area contributed by atoms with Crippen LogP contribution in [0.5, 0.6) is 0 Å². The lowest BCUT2D eigenvalue weighted by Crippen LogP contribution is -2.23. The molecule has 2 aromatic rings. The van der Waals surface area contributed by atoms with Gasteiger partial charge in [-0.15, -0.1) is 0 Å². The van der Waals surface area contributed by atoms with E-state index in [1.54, 1.807) is 18.2 Å². The molecule has 0 saturated heterocycles. The van der Waals surface area contributed by atoms with E-state index in [0.717, 1.165) is 11.1 Å². The third-order valence-corrected chi connectivity index (χ3v) is 3.04. The molecule has 0 aliphatic heterocycles. The maximum atomic E-state index is 11.6. The van der Waals surface area contributed by atoms with E-state index in [2.05, 4.69) is 6.07 Å². The number of nitrogens with zero attached hydrogens (tertiary/aromatic N) is 1. The van der Waals surface area contributed by atoms with Crippen molar-refractivity contribution < 1.29 is 4.79 Å². The molecule has 0 heterocycles. The molecule has 19 heavy (non-hydrogen) atoms. The number of carbonyl (C=O) groups is 1. The highest BCUT2D eigenvalue weighted by Gasteiger charge is 2.18. The molecule has 1 atom stereocenters. The maximum absolute atomic E-state index is 11.6. The first kappa shape index (κ1) is 12.8. The van der Waals surface area contributed by atoms with E-state index in [1.807, 2.05) is 36.4 Å². The van der Waals surface area contributed by atoms with E-state index in [4.69, 9.17) is 11.0 Å². The van der Waals surface area contributed by atoms with E-state index in [0.29, 0.717) is 12.0 Å². The zero-order valence-corrected chi connectivity index (χ0v) is 10.4. The molecule has 0 bridgehead atoms. The van der Waals surface area contributed by atoms with Gasteiger partial charge in [-0.2, -0.15) is 5.26 Å². The fourth-order valence-corrected chi connectivity index (χ4v) is 2.06. The van der Waals surface area contributed by atoms with Crippen LogP contribution in [-0.2, 0) is 11.2 Å². The third-order valence-electron chi connectivity index (χ3n) is 3.04. The predicted octanol–water partition coefficient (Wildman–Crippen LogP) is 2.37. The van der Waals surface area contributed by atoms with Crippen molar-refractivity contribution in [2.45, 2.75) is 12.3 Å². The largest absolute Gasteiger partial charge is 0.369 e. The van der Waals surface area contributed by atoms with Crippen LogP contribution in [0.2, 0.25) is 0 Å². The van der Waals surface area contributed by atoms with Gasteiger partial charge in [-0.3, -0.25) is 4.79 Å². The van der Waals surface area contributed by atoms with Gasteiger partial charge in [0.15, 0.2) is 0 Å². The molecule has 0 radical (unpaired) electrons. The molecule has 1 amide bonds. The van der Waals surface area contributed by atoms with Crippen molar-refractivity contribution in [1.29, 1.82) is 5.26 Å². The number of primary amides is 1. The fraction of sp³-hybridized carbons (Fsp3) is 0.125. The highest BCUT2D eigenvalue weighted by molar-refractivity contribution is 5.82. The van der Waals surface area contributed by atoms with Crippen molar-refractivity contribution in [1.82, 2.24) is 0 Å². The van der Waals surface area contributed by atoms with Gasteiger partial charge in [0.05, 0.1) is 17.6 Å². The number of hydrogen-bond acceptors (Lipinski definition) is 2. The van der Waals surface area contributed by atoms with Gasteiger partial charge in [-0.05, 0) is 29.7 Å². The maximum Gasteiger partial charge on any atom is 0.225 e. The number of hydrogen-bond donors (Lipinski definition) is 1. The Labute approximate surface area is 112 Å². The monoisotopic (exact) mass is 250 g/mol. The van der Waals surface area contributed by atoms with Crippen molar-refractivity contribution in [3.8, 4) is 6.07 Å². The molecule has 0 unspecified atom stereocenters. The molecule has 2 N–H and O–H groups in total. The number of benzene rings is 2. The minimum atomic E-state index is -0.407. The van der Waals surface area contributed by atoms with Gasteiger partial charge < -0.3 is 5.73 Å². The smallest absolute Gasteiger partial charge is 0.225 e. The average Bonchev–Trinajstić information content (AvgIpc) is 2.45. The Kier molecular flexibility index (Phi) is 3.94. The number of amides is 1. The van der Waals surface area contributed by atoms with Crippen molar-refractivity contribution in [3.63, 3.8) is 0 Å². The lowest BCUT2D eigenvalue weighted by Gasteiger charge is -2.14. The molecule has 0 aliphatic carbocycles. The van der Waals surface area contributed by atoms with Crippen LogP contribution in [0.1, 0.15) is 22.6 Å². The molecule has 3 heteroatoms. The summed E-state index contributed by atoms with van der Waals surface area (Å²) in [7, 11) is 0. The lowest BCUT2D eigenvalue weighted by molar-refractivity contribution is -0.119. The molecule has 0 spiro atoms. The number of rotatable bonds is 4. The average molecular weight is 250 g/mol. The quantitative estimate of drug-likeness (QED) is 0.905. The summed E-state index contributed by atoms with van der Waals surface area (Å²) in [4.78, 5) is 11.6. The number of carbonyl (C=O) groups excluding carboxylic acids is 1. The Morgan fingerprint density at radius 2 is 1.89 bits per heavy atom. The van der Waals surface area contributed by atoms with Crippen LogP contribution in [0.4, 0.5) is 0 Å². The van der Waals surface area contributed by atoms with Crippen molar-refractivity contribution in [2.75, 3.05) is 0 Å². The Balaban J connectivity index is 2.30. The van der Waals surface area contributed by atoms with Crippen molar-refractivity contribution in [3.05, 3.63) is 71.3 Å². The summed E-state index contributed by atoms with van der Waals surface area (Å²) >= 11 is 0. The van der Waals surface area contributed by atoms with Crippen LogP contribution in [-0.4, -0.2) is 5.91 Å². The second-order valence-electron chi connectivity index (χ2n) is 4.38. The highest BCUT2D eigenvalue weighted by atomic mass is 16.1. The van der Waals surface area contributed by atoms with E-state index in [1.165, 1.54) is 0 Å². The summed E-state index contributed by atoms with van der Waals surface area (Å²) in [6.45, 7) is 0. The molecular formula is C16H14N2O. The molecular weight excluding hydrogens is 236 g/mol. The first-order valence-corrected chi connectivity index (χ1v) is 6.04. The normalized spacial score (nSPS) is 11.5. The molecule has 0 fully saturated rings. The minimum absolute atomic E-state index is 0.376. The van der Waals surface area contributed by atoms with Gasteiger partial charge in [0.1, 0.15) is 0 Å². The van der Waals surface area contributed by atoms with Crippen LogP contribution in [0.3, 0.4) is 0 Å². The Hall–Kier alpha value is -2.60. The summed E-state index contributed by atoms with van der Waals surface area (Å²) < 4.78 is 0. The summed E-state index contributed by atoms with van der Waals surface area (Å²) in [5, 5.41) is 8.91. The SMILES string of the molecule is N#Cc1cccc([C@H](Cc2ccccc2)C(N)=O)c1. The first-order valence-electron chi connectivity index (χ1n) is 6.04. The summed E-state index contributed by atoms with van der Waals surface area (Å²) in [5.41, 5.74) is 7.86. The summed E-state index contributed by atoms with van der Waals surface area (Å²) in [6.07, 6.45) is 0.547. The summed E-state index contributed by atoms with van der Waals surface area (Å²) in [5.74, 6) is -0.783. The van der Waals surface area contributed by atoms with Gasteiger partial charge >= 0.3 is 0 Å². The Morgan fingerprint density at radius 1 is 1.16 bits per heavy atom. The van der Waals surface area contributed by atoms with Crippen molar-refractivity contribution >= 4 is 5.91 Å². The van der Waals surface area contributed by atoms with Gasteiger partial charge in [-0.25, -0.2) is 0 Å². The third kappa shape index (κ3) is 3.20. The summed E-state index contributed by atoms with van der Waals surface area (Å²) in [6, 6.07) is 18.8. The standard InChI is InChI=1S/C16H14N2O/c17-11-13-7-4-8-14(9-13)15(16(18)19)10-12-5-2-1-3-6-12/h1-9,15H,10H2,(H2,18,19)/t15-/m0/s1. The second kappa shape index (κ2) is 5.83. The molecule has 94 valence electrons. The lowest BCUT2D eigenvalue weighted by atomic mass is 9.90. The van der Waals surface area contributed by atoms with E-state index < -0.39 is 5.92 Å². The van der Waals surface area contributed by atoms with E-state index in [9.17, 15) is 4.79 Å². The Bertz CT molecular complexity index is 614. The fourth-order valence-electron chi connectivity index (χ4n) is 2.06. The topological polar surface area (TPSA) is 66.9 Å². The van der Waals surface area contributed by atoms with E-state index in [-0.39, 0.29) is 5.91 Å². The van der Waals surface area contributed by atoms with Crippen LogP contribution < -0.4 is 5.73 Å². The molecule has 2 rings (SSSR count). The zero-order valence-electron chi connectivity index (χ0n) is 10.4. The Morgan fingerprint density at radius 3 is 2.53 bits per heavy atom. The molecule has 0 aromatic heterocycles. The molecule has 0 saturated carbocycles. The van der Waals surface area contributed by atoms with Crippen LogP contribution >= 0.6 is 0 Å². The number of nitrogens with two attached hydrogens (primary N) is 1. The van der Waals surface area contributed by atoms with Crippen LogP contribution in [0.15, 0.2) is 54.6 Å². The van der Waals surface area contributed by atoms with Gasteiger partial charge in [-0.1, -0.05) is 42.5 Å². The van der Waals surface area contributed by atoms with Crippen LogP contribution in [0, 0.1) is 11.3 Å². The van der Waals surface area contributed by atoms with Gasteiger partial charge in [0.25, 0.3) is 0 Å². The van der Waals surface area contributed by atoms with Gasteiger partial charge in [0, 0.05) is 0 Å². The first-order chi connectivity index (χ1) is 9.20.